The van der Waals surface area contributed by atoms with Gasteiger partial charge in [-0.05, 0) is 25.3 Å². The van der Waals surface area contributed by atoms with E-state index in [0.717, 1.165) is 56.9 Å². The Bertz CT molecular complexity index is 419. The molecule has 0 bridgehead atoms. The fourth-order valence-corrected chi connectivity index (χ4v) is 2.80. The summed E-state index contributed by atoms with van der Waals surface area (Å²) < 4.78 is 11.6. The lowest BCUT2D eigenvalue weighted by Gasteiger charge is -2.32. The number of ether oxygens (including phenoxy) is 2. The number of fused-ring (bicyclic) bond motifs is 1. The van der Waals surface area contributed by atoms with Gasteiger partial charge in [-0.25, -0.2) is 0 Å². The molecule has 1 aromatic rings. The summed E-state index contributed by atoms with van der Waals surface area (Å²) in [5, 5.41) is 3.73. The monoisotopic (exact) mass is 277 g/mol. The Morgan fingerprint density at radius 3 is 2.45 bits per heavy atom. The van der Waals surface area contributed by atoms with Crippen molar-refractivity contribution in [2.75, 3.05) is 13.2 Å². The van der Waals surface area contributed by atoms with Crippen LogP contribution in [0.5, 0.6) is 11.5 Å². The van der Waals surface area contributed by atoms with Gasteiger partial charge in [0.05, 0.1) is 13.2 Å². The zero-order valence-corrected chi connectivity index (χ0v) is 13.0. The van der Waals surface area contributed by atoms with Gasteiger partial charge in [-0.3, -0.25) is 0 Å². The number of rotatable bonds is 6. The fraction of sp³-hybridized carbons (Fsp3) is 0.647. The van der Waals surface area contributed by atoms with Crippen LogP contribution in [0.2, 0.25) is 0 Å². The lowest BCUT2D eigenvalue weighted by Crippen LogP contribution is -2.43. The summed E-state index contributed by atoms with van der Waals surface area (Å²) >= 11 is 0. The molecule has 0 unspecified atom stereocenters. The van der Waals surface area contributed by atoms with Gasteiger partial charge < -0.3 is 14.8 Å². The topological polar surface area (TPSA) is 30.5 Å². The number of para-hydroxylation sites is 1. The molecule has 0 fully saturated rings. The molecule has 1 heterocycles. The van der Waals surface area contributed by atoms with Crippen LogP contribution in [0.25, 0.3) is 0 Å². The van der Waals surface area contributed by atoms with Gasteiger partial charge in [0.15, 0.2) is 11.5 Å². The van der Waals surface area contributed by atoms with Gasteiger partial charge >= 0.3 is 0 Å². The molecule has 112 valence electrons. The molecular weight excluding hydrogens is 250 g/mol. The van der Waals surface area contributed by atoms with Gasteiger partial charge in [-0.2, -0.15) is 0 Å². The first-order valence-electron chi connectivity index (χ1n) is 7.87. The minimum absolute atomic E-state index is 0.230. The van der Waals surface area contributed by atoms with Crippen molar-refractivity contribution >= 4 is 0 Å². The molecule has 0 saturated carbocycles. The van der Waals surface area contributed by atoms with Crippen LogP contribution in [0, 0.1) is 0 Å². The molecule has 0 radical (unpaired) electrons. The third-order valence-corrected chi connectivity index (χ3v) is 4.54. The third kappa shape index (κ3) is 3.26. The molecule has 0 spiro atoms. The van der Waals surface area contributed by atoms with Crippen LogP contribution >= 0.6 is 0 Å². The standard InChI is InChI=1S/C17H27NO2/c1-4-17(5-2,6-3)18-13-14-9-7-10-15-16(14)20-12-8-11-19-15/h7,9-10,18H,4-6,8,11-13H2,1-3H3. The first-order valence-corrected chi connectivity index (χ1v) is 7.87. The van der Waals surface area contributed by atoms with E-state index in [4.69, 9.17) is 9.47 Å². The maximum absolute atomic E-state index is 5.88. The molecule has 0 aromatic heterocycles. The Morgan fingerprint density at radius 2 is 1.75 bits per heavy atom. The Balaban J connectivity index is 2.13. The minimum Gasteiger partial charge on any atom is -0.490 e. The highest BCUT2D eigenvalue weighted by Gasteiger charge is 2.24. The predicted molar refractivity (Wildman–Crippen MR) is 82.5 cm³/mol. The molecular formula is C17H27NO2. The van der Waals surface area contributed by atoms with E-state index in [1.54, 1.807) is 0 Å². The highest BCUT2D eigenvalue weighted by molar-refractivity contribution is 5.47. The second-order valence-electron chi connectivity index (χ2n) is 5.49. The molecule has 0 atom stereocenters. The lowest BCUT2D eigenvalue weighted by atomic mass is 9.89. The molecule has 20 heavy (non-hydrogen) atoms. The van der Waals surface area contributed by atoms with Crippen molar-refractivity contribution in [3.05, 3.63) is 23.8 Å². The van der Waals surface area contributed by atoms with Crippen molar-refractivity contribution in [1.29, 1.82) is 0 Å². The van der Waals surface area contributed by atoms with Crippen LogP contribution in [0.4, 0.5) is 0 Å². The van der Waals surface area contributed by atoms with Crippen LogP contribution in [0.15, 0.2) is 18.2 Å². The minimum atomic E-state index is 0.230. The SMILES string of the molecule is CCC(CC)(CC)NCc1cccc2c1OCCCO2. The average Bonchev–Trinajstić information content (AvgIpc) is 2.75. The van der Waals surface area contributed by atoms with Gasteiger partial charge in [-0.1, -0.05) is 32.9 Å². The van der Waals surface area contributed by atoms with Gasteiger partial charge in [-0.15, -0.1) is 0 Å². The van der Waals surface area contributed by atoms with E-state index >= 15 is 0 Å². The predicted octanol–water partition coefficient (Wildman–Crippen LogP) is 3.91. The summed E-state index contributed by atoms with van der Waals surface area (Å²) in [6.07, 6.45) is 4.38. The van der Waals surface area contributed by atoms with E-state index in [2.05, 4.69) is 38.2 Å². The summed E-state index contributed by atoms with van der Waals surface area (Å²) in [7, 11) is 0. The van der Waals surface area contributed by atoms with Crippen molar-refractivity contribution in [2.24, 2.45) is 0 Å². The summed E-state index contributed by atoms with van der Waals surface area (Å²) in [5.74, 6) is 1.81. The van der Waals surface area contributed by atoms with Crippen molar-refractivity contribution in [3.8, 4) is 11.5 Å². The molecule has 0 amide bonds. The highest BCUT2D eigenvalue weighted by atomic mass is 16.5. The number of hydrogen-bond donors (Lipinski definition) is 1. The summed E-state index contributed by atoms with van der Waals surface area (Å²) in [5.41, 5.74) is 1.43. The van der Waals surface area contributed by atoms with Crippen LogP contribution < -0.4 is 14.8 Å². The number of nitrogens with one attached hydrogen (secondary N) is 1. The molecule has 0 saturated heterocycles. The quantitative estimate of drug-likeness (QED) is 0.855. The van der Waals surface area contributed by atoms with E-state index in [9.17, 15) is 0 Å². The highest BCUT2D eigenvalue weighted by Crippen LogP contribution is 2.33. The van der Waals surface area contributed by atoms with Crippen LogP contribution in [0.3, 0.4) is 0 Å². The zero-order chi connectivity index (χ0) is 14.4. The van der Waals surface area contributed by atoms with Gasteiger partial charge in [0.25, 0.3) is 0 Å². The maximum atomic E-state index is 5.88. The van der Waals surface area contributed by atoms with E-state index in [-0.39, 0.29) is 5.54 Å². The second-order valence-corrected chi connectivity index (χ2v) is 5.49. The van der Waals surface area contributed by atoms with Crippen molar-refractivity contribution in [3.63, 3.8) is 0 Å². The smallest absolute Gasteiger partial charge is 0.165 e. The molecule has 0 aliphatic carbocycles. The largest absolute Gasteiger partial charge is 0.490 e. The van der Waals surface area contributed by atoms with E-state index in [1.807, 2.05) is 6.07 Å². The Labute approximate surface area is 122 Å². The normalized spacial score (nSPS) is 14.9. The molecule has 1 N–H and O–H groups in total. The zero-order valence-electron chi connectivity index (χ0n) is 13.0. The van der Waals surface area contributed by atoms with Gasteiger partial charge in [0.1, 0.15) is 0 Å². The first-order chi connectivity index (χ1) is 9.74. The van der Waals surface area contributed by atoms with E-state index in [1.165, 1.54) is 5.56 Å². The van der Waals surface area contributed by atoms with E-state index in [0.29, 0.717) is 0 Å². The van der Waals surface area contributed by atoms with Gasteiger partial charge in [0.2, 0.25) is 0 Å². The summed E-state index contributed by atoms with van der Waals surface area (Å²) in [6.45, 7) is 9.08. The molecule has 3 heteroatoms. The van der Waals surface area contributed by atoms with Crippen LogP contribution in [-0.4, -0.2) is 18.8 Å². The summed E-state index contributed by atoms with van der Waals surface area (Å²) in [4.78, 5) is 0. The van der Waals surface area contributed by atoms with Crippen molar-refractivity contribution in [1.82, 2.24) is 5.32 Å². The summed E-state index contributed by atoms with van der Waals surface area (Å²) in [6, 6.07) is 6.18. The van der Waals surface area contributed by atoms with Crippen molar-refractivity contribution < 1.29 is 9.47 Å². The molecule has 1 aliphatic heterocycles. The van der Waals surface area contributed by atoms with Crippen LogP contribution in [-0.2, 0) is 6.54 Å². The number of benzene rings is 1. The maximum Gasteiger partial charge on any atom is 0.165 e. The molecule has 3 nitrogen and oxygen atoms in total. The second kappa shape index (κ2) is 6.98. The Morgan fingerprint density at radius 1 is 1.05 bits per heavy atom. The molecule has 1 aromatic carbocycles. The van der Waals surface area contributed by atoms with Crippen molar-refractivity contribution in [2.45, 2.75) is 58.5 Å². The van der Waals surface area contributed by atoms with Gasteiger partial charge in [0, 0.05) is 24.1 Å². The molecule has 1 aliphatic rings. The van der Waals surface area contributed by atoms with E-state index < -0.39 is 0 Å². The first kappa shape index (κ1) is 15.2. The average molecular weight is 277 g/mol. The Kier molecular flexibility index (Phi) is 5.30. The van der Waals surface area contributed by atoms with Crippen LogP contribution in [0.1, 0.15) is 52.0 Å². The lowest BCUT2D eigenvalue weighted by molar-refractivity contribution is 0.280. The molecule has 2 rings (SSSR count). The third-order valence-electron chi connectivity index (χ3n) is 4.54. The number of hydrogen-bond acceptors (Lipinski definition) is 3. The fourth-order valence-electron chi connectivity index (χ4n) is 2.80. The Hall–Kier alpha value is -1.22.